The maximum Gasteiger partial charge on any atom is 0.108 e. The van der Waals surface area contributed by atoms with E-state index in [9.17, 15) is 4.79 Å². The van der Waals surface area contributed by atoms with Gasteiger partial charge in [-0.25, -0.2) is 12.1 Å². The van der Waals surface area contributed by atoms with Crippen molar-refractivity contribution in [1.29, 1.82) is 0 Å². The number of carbonyl (C=O) groups excluding carboxylic acids is 1. The average Bonchev–Trinajstić information content (AvgIpc) is 3.23. The van der Waals surface area contributed by atoms with E-state index in [1.165, 1.54) is 11.1 Å². The monoisotopic (exact) mass is 346 g/mol. The Bertz CT molecular complexity index is 636. The van der Waals surface area contributed by atoms with Crippen LogP contribution in [0.4, 0.5) is 0 Å². The van der Waals surface area contributed by atoms with E-state index in [0.29, 0.717) is 6.42 Å². The third-order valence-electron chi connectivity index (χ3n) is 3.44. The van der Waals surface area contributed by atoms with Crippen molar-refractivity contribution in [2.24, 2.45) is 0 Å². The van der Waals surface area contributed by atoms with Crippen LogP contribution >= 0.6 is 0 Å². The van der Waals surface area contributed by atoms with Crippen molar-refractivity contribution in [1.82, 2.24) is 0 Å². The SMILES string of the molecule is CCCC(=O)[c-]1cccc1.[Fe].c1ccc(C[c-]2[cH-][cH-][cH-][cH-]2)cc1. The topological polar surface area (TPSA) is 17.1 Å². The van der Waals surface area contributed by atoms with Crippen molar-refractivity contribution in [2.45, 2.75) is 26.2 Å². The molecule has 0 aromatic heterocycles. The molecule has 0 unspecified atom stereocenters. The number of benzene rings is 1. The van der Waals surface area contributed by atoms with Gasteiger partial charge in [-0.15, -0.1) is 0 Å². The predicted molar refractivity (Wildman–Crippen MR) is 92.6 cm³/mol. The van der Waals surface area contributed by atoms with Gasteiger partial charge in [-0.1, -0.05) is 48.4 Å². The zero-order valence-corrected chi connectivity index (χ0v) is 14.5. The van der Waals surface area contributed by atoms with Gasteiger partial charge in [-0.05, 0) is 12.8 Å². The fourth-order valence-electron chi connectivity index (χ4n) is 2.29. The van der Waals surface area contributed by atoms with E-state index >= 15 is 0 Å². The molecular formula is C21H22FeO-6. The predicted octanol–water partition coefficient (Wildman–Crippen LogP) is 5.38. The summed E-state index contributed by atoms with van der Waals surface area (Å²) in [7, 11) is 0. The molecule has 0 saturated heterocycles. The first-order valence-corrected chi connectivity index (χ1v) is 7.79. The van der Waals surface area contributed by atoms with E-state index in [-0.39, 0.29) is 22.9 Å². The third-order valence-corrected chi connectivity index (χ3v) is 3.44. The maximum atomic E-state index is 11.1. The molecule has 0 amide bonds. The fraction of sp³-hybridized carbons (Fsp3) is 0.190. The van der Waals surface area contributed by atoms with Crippen molar-refractivity contribution in [3.05, 3.63) is 95.6 Å². The molecule has 1 nitrogen and oxygen atoms in total. The Morgan fingerprint density at radius 1 is 1.00 bits per heavy atom. The second-order valence-corrected chi connectivity index (χ2v) is 5.30. The summed E-state index contributed by atoms with van der Waals surface area (Å²) in [5.74, 6) is 0.257. The zero-order valence-electron chi connectivity index (χ0n) is 13.4. The van der Waals surface area contributed by atoms with Crippen LogP contribution in [-0.2, 0) is 23.5 Å². The first-order chi connectivity index (χ1) is 10.8. The molecule has 0 radical (unpaired) electrons. The van der Waals surface area contributed by atoms with Crippen molar-refractivity contribution in [2.75, 3.05) is 0 Å². The summed E-state index contributed by atoms with van der Waals surface area (Å²) in [5.41, 5.74) is 3.62. The van der Waals surface area contributed by atoms with Gasteiger partial charge in [-0.2, -0.15) is 18.6 Å². The molecule has 3 rings (SSSR count). The normalized spacial score (nSPS) is 9.43. The molecule has 3 aromatic carbocycles. The van der Waals surface area contributed by atoms with Gasteiger partial charge in [-0.3, -0.25) is 0 Å². The standard InChI is InChI=1S/C12H11.C9H11O.Fe/c1-2-6-11(7-3-1)10-12-8-4-5-9-12;1-2-5-9(10)8-6-3-4-7-8;/h1-9H,10H2;3-4,6-7H,2,5H2,1H3;/q-5;-1;. The molecule has 0 heterocycles. The number of hydrogen-bond acceptors (Lipinski definition) is 1. The van der Waals surface area contributed by atoms with Crippen LogP contribution in [0, 0.1) is 0 Å². The molecule has 0 atom stereocenters. The van der Waals surface area contributed by atoms with E-state index < -0.39 is 0 Å². The smallest absolute Gasteiger partial charge is 0.108 e. The minimum absolute atomic E-state index is 0. The van der Waals surface area contributed by atoms with Gasteiger partial charge < -0.3 is 34.6 Å². The largest absolute Gasteiger partial charge is 0.748 e. The number of Topliss-reactive ketones (excluding diaryl/α,β-unsaturated/α-hetero) is 1. The summed E-state index contributed by atoms with van der Waals surface area (Å²) < 4.78 is 0. The van der Waals surface area contributed by atoms with Crippen LogP contribution in [0.25, 0.3) is 0 Å². The van der Waals surface area contributed by atoms with Crippen LogP contribution in [0.5, 0.6) is 0 Å². The number of rotatable bonds is 5. The van der Waals surface area contributed by atoms with Gasteiger partial charge in [0.15, 0.2) is 0 Å². The molecule has 0 aliphatic carbocycles. The first-order valence-electron chi connectivity index (χ1n) is 7.79. The summed E-state index contributed by atoms with van der Waals surface area (Å²) >= 11 is 0. The van der Waals surface area contributed by atoms with Gasteiger partial charge in [0.1, 0.15) is 5.78 Å². The minimum atomic E-state index is 0. The quantitative estimate of drug-likeness (QED) is 0.344. The second kappa shape index (κ2) is 10.8. The van der Waals surface area contributed by atoms with Crippen LogP contribution in [0.3, 0.4) is 0 Å². The summed E-state index contributed by atoms with van der Waals surface area (Å²) in [5, 5.41) is 0. The van der Waals surface area contributed by atoms with E-state index in [1.54, 1.807) is 0 Å². The van der Waals surface area contributed by atoms with Gasteiger partial charge in [0.05, 0.1) is 0 Å². The Labute approximate surface area is 149 Å². The fourth-order valence-corrected chi connectivity index (χ4v) is 2.29. The van der Waals surface area contributed by atoms with E-state index in [2.05, 4.69) is 54.6 Å². The molecule has 0 N–H and O–H groups in total. The zero-order chi connectivity index (χ0) is 15.6. The molecule has 0 aliphatic heterocycles. The van der Waals surface area contributed by atoms with Crippen LogP contribution in [0.1, 0.15) is 41.3 Å². The number of carbonyl (C=O) groups is 1. The van der Waals surface area contributed by atoms with E-state index in [1.807, 2.05) is 31.2 Å². The van der Waals surface area contributed by atoms with Gasteiger partial charge >= 0.3 is 0 Å². The van der Waals surface area contributed by atoms with Crippen LogP contribution in [0.15, 0.2) is 78.9 Å². The summed E-state index contributed by atoms with van der Waals surface area (Å²) in [6.45, 7) is 2.01. The molecule has 0 aliphatic rings. The Morgan fingerprint density at radius 2 is 1.61 bits per heavy atom. The Hall–Kier alpha value is -1.89. The van der Waals surface area contributed by atoms with Crippen LogP contribution in [0.2, 0.25) is 0 Å². The molecule has 0 bridgehead atoms. The number of ketones is 1. The Morgan fingerprint density at radius 3 is 2.17 bits per heavy atom. The van der Waals surface area contributed by atoms with Crippen molar-refractivity contribution in [3.8, 4) is 0 Å². The maximum absolute atomic E-state index is 11.1. The molecule has 126 valence electrons. The third kappa shape index (κ3) is 6.81. The van der Waals surface area contributed by atoms with Crippen molar-refractivity contribution in [3.63, 3.8) is 0 Å². The molecular weight excluding hydrogens is 324 g/mol. The molecule has 3 aromatic rings. The van der Waals surface area contributed by atoms with E-state index in [0.717, 1.165) is 18.4 Å². The van der Waals surface area contributed by atoms with Crippen LogP contribution < -0.4 is 0 Å². The summed E-state index contributed by atoms with van der Waals surface area (Å²) in [6, 6.07) is 26.5. The molecule has 2 heteroatoms. The molecule has 23 heavy (non-hydrogen) atoms. The Kier molecular flexibility index (Phi) is 8.97. The van der Waals surface area contributed by atoms with Crippen LogP contribution in [-0.4, -0.2) is 5.78 Å². The van der Waals surface area contributed by atoms with Crippen molar-refractivity contribution < 1.29 is 21.9 Å². The molecule has 0 saturated carbocycles. The van der Waals surface area contributed by atoms with Gasteiger partial charge in [0.25, 0.3) is 0 Å². The minimum Gasteiger partial charge on any atom is -0.748 e. The average molecular weight is 346 g/mol. The summed E-state index contributed by atoms with van der Waals surface area (Å²) in [6.07, 6.45) is 2.65. The molecule has 0 fully saturated rings. The van der Waals surface area contributed by atoms with E-state index in [4.69, 9.17) is 0 Å². The first kappa shape index (κ1) is 19.2. The second-order valence-electron chi connectivity index (χ2n) is 5.30. The summed E-state index contributed by atoms with van der Waals surface area (Å²) in [4.78, 5) is 11.1. The van der Waals surface area contributed by atoms with Gasteiger partial charge in [0.2, 0.25) is 0 Å². The Balaban J connectivity index is 0.000000224. The van der Waals surface area contributed by atoms with Gasteiger partial charge in [0, 0.05) is 17.1 Å². The number of hydrogen-bond donors (Lipinski definition) is 0. The van der Waals surface area contributed by atoms with Crippen molar-refractivity contribution >= 4 is 5.78 Å². The molecule has 0 spiro atoms.